The Balaban J connectivity index is 2.36. The van der Waals surface area contributed by atoms with Crippen molar-refractivity contribution in [3.63, 3.8) is 0 Å². The number of Topliss-reactive ketones (excluding diaryl/α,β-unsaturated/α-hetero) is 1. The molecule has 0 bridgehead atoms. The molecule has 5 heteroatoms. The average molecular weight is 307 g/mol. The zero-order valence-corrected chi connectivity index (χ0v) is 12.5. The van der Waals surface area contributed by atoms with Gasteiger partial charge >= 0.3 is 6.18 Å². The van der Waals surface area contributed by atoms with E-state index in [-0.39, 0.29) is 5.78 Å². The maximum atomic E-state index is 12.6. The van der Waals surface area contributed by atoms with Gasteiger partial charge in [-0.25, -0.2) is 0 Å². The largest absolute Gasteiger partial charge is 0.416 e. The molecule has 0 aliphatic rings. The maximum absolute atomic E-state index is 12.6. The minimum absolute atomic E-state index is 0.0613. The summed E-state index contributed by atoms with van der Waals surface area (Å²) in [6.45, 7) is 5.42. The highest BCUT2D eigenvalue weighted by molar-refractivity contribution is 6.00. The Morgan fingerprint density at radius 3 is 2.05 bits per heavy atom. The van der Waals surface area contributed by atoms with Crippen LogP contribution in [0.25, 0.3) is 11.1 Å². The van der Waals surface area contributed by atoms with E-state index in [0.717, 1.165) is 12.1 Å². The zero-order chi connectivity index (χ0) is 16.5. The fourth-order valence-corrected chi connectivity index (χ4v) is 2.01. The third-order valence-electron chi connectivity index (χ3n) is 3.23. The van der Waals surface area contributed by atoms with Crippen LogP contribution in [0.5, 0.6) is 0 Å². The van der Waals surface area contributed by atoms with Gasteiger partial charge in [-0.2, -0.15) is 13.2 Å². The van der Waals surface area contributed by atoms with Gasteiger partial charge in [-0.15, -0.1) is 0 Å². The molecule has 0 amide bonds. The van der Waals surface area contributed by atoms with Crippen molar-refractivity contribution in [2.24, 2.45) is 5.41 Å². The number of halogens is 3. The first-order chi connectivity index (χ1) is 10.1. The Hall–Kier alpha value is -2.17. The predicted molar refractivity (Wildman–Crippen MR) is 78.5 cm³/mol. The summed E-state index contributed by atoms with van der Waals surface area (Å²) in [5, 5.41) is 0. The summed E-state index contributed by atoms with van der Waals surface area (Å²) in [7, 11) is 0. The molecule has 1 heterocycles. The highest BCUT2D eigenvalue weighted by Gasteiger charge is 2.30. The minimum Gasteiger partial charge on any atom is -0.294 e. The van der Waals surface area contributed by atoms with Crippen LogP contribution < -0.4 is 0 Å². The smallest absolute Gasteiger partial charge is 0.294 e. The second kappa shape index (κ2) is 5.55. The van der Waals surface area contributed by atoms with Crippen molar-refractivity contribution >= 4 is 5.78 Å². The lowest BCUT2D eigenvalue weighted by atomic mass is 9.86. The van der Waals surface area contributed by atoms with Crippen LogP contribution in [0.1, 0.15) is 36.7 Å². The molecule has 116 valence electrons. The number of ketones is 1. The third-order valence-corrected chi connectivity index (χ3v) is 3.23. The minimum atomic E-state index is -4.36. The van der Waals surface area contributed by atoms with Gasteiger partial charge in [0.05, 0.1) is 5.56 Å². The summed E-state index contributed by atoms with van der Waals surface area (Å²) in [5.41, 5.74) is 0.407. The van der Waals surface area contributed by atoms with Gasteiger partial charge in [0.25, 0.3) is 0 Å². The highest BCUT2D eigenvalue weighted by Crippen LogP contribution is 2.31. The quantitative estimate of drug-likeness (QED) is 0.731. The van der Waals surface area contributed by atoms with Crippen molar-refractivity contribution in [1.29, 1.82) is 0 Å². The van der Waals surface area contributed by atoms with Gasteiger partial charge in [0.2, 0.25) is 0 Å². The molecule has 2 rings (SSSR count). The third kappa shape index (κ3) is 3.53. The highest BCUT2D eigenvalue weighted by atomic mass is 19.4. The Morgan fingerprint density at radius 1 is 0.955 bits per heavy atom. The number of rotatable bonds is 2. The number of hydrogen-bond donors (Lipinski definition) is 0. The first kappa shape index (κ1) is 16.2. The van der Waals surface area contributed by atoms with Gasteiger partial charge < -0.3 is 0 Å². The fourth-order valence-electron chi connectivity index (χ4n) is 2.01. The second-order valence-corrected chi connectivity index (χ2v) is 6.12. The Morgan fingerprint density at radius 2 is 1.55 bits per heavy atom. The van der Waals surface area contributed by atoms with Gasteiger partial charge in [-0.05, 0) is 23.8 Å². The van der Waals surface area contributed by atoms with E-state index in [1.165, 1.54) is 24.5 Å². The fraction of sp³-hybridized carbons (Fsp3) is 0.294. The van der Waals surface area contributed by atoms with Gasteiger partial charge in [0, 0.05) is 28.9 Å². The first-order valence-corrected chi connectivity index (χ1v) is 6.76. The van der Waals surface area contributed by atoms with Crippen LogP contribution in [0.2, 0.25) is 0 Å². The van der Waals surface area contributed by atoms with E-state index < -0.39 is 17.2 Å². The summed E-state index contributed by atoms with van der Waals surface area (Å²) < 4.78 is 37.7. The van der Waals surface area contributed by atoms with Crippen molar-refractivity contribution < 1.29 is 18.0 Å². The first-order valence-electron chi connectivity index (χ1n) is 6.76. The van der Waals surface area contributed by atoms with E-state index in [1.807, 2.05) is 0 Å². The molecule has 0 radical (unpaired) electrons. The topological polar surface area (TPSA) is 30.0 Å². The van der Waals surface area contributed by atoms with Gasteiger partial charge in [0.1, 0.15) is 0 Å². The Bertz CT molecular complexity index is 682. The Kier molecular flexibility index (Phi) is 4.09. The Labute approximate surface area is 127 Å². The van der Waals surface area contributed by atoms with E-state index >= 15 is 0 Å². The summed E-state index contributed by atoms with van der Waals surface area (Å²) in [6.07, 6.45) is -1.36. The van der Waals surface area contributed by atoms with Crippen molar-refractivity contribution in [1.82, 2.24) is 4.98 Å². The monoisotopic (exact) mass is 307 g/mol. The van der Waals surface area contributed by atoms with Crippen molar-refractivity contribution in [3.05, 3.63) is 53.9 Å². The molecule has 22 heavy (non-hydrogen) atoms. The van der Waals surface area contributed by atoms with Crippen LogP contribution in [0.15, 0.2) is 42.7 Å². The molecular formula is C17H16F3NO. The molecular weight excluding hydrogens is 291 g/mol. The second-order valence-electron chi connectivity index (χ2n) is 6.12. The summed E-state index contributed by atoms with van der Waals surface area (Å²) in [6, 6.07) is 6.46. The zero-order valence-electron chi connectivity index (χ0n) is 12.5. The standard InChI is InChI=1S/C17H16F3NO/c1-16(2,3)15(22)13-8-12(9-21-10-13)11-4-6-14(7-5-11)17(18,19)20/h4-10H,1-3H3. The molecule has 2 nitrogen and oxygen atoms in total. The summed E-state index contributed by atoms with van der Waals surface area (Å²) in [5.74, 6) is -0.0613. The number of alkyl halides is 3. The van der Waals surface area contributed by atoms with Gasteiger partial charge in [-0.3, -0.25) is 9.78 Å². The average Bonchev–Trinajstić information content (AvgIpc) is 2.45. The lowest BCUT2D eigenvalue weighted by Crippen LogP contribution is -2.20. The van der Waals surface area contributed by atoms with Crippen molar-refractivity contribution in [2.45, 2.75) is 26.9 Å². The molecule has 0 atom stereocenters. The molecule has 0 unspecified atom stereocenters. The van der Waals surface area contributed by atoms with Crippen LogP contribution in [-0.4, -0.2) is 10.8 Å². The molecule has 0 spiro atoms. The van der Waals surface area contributed by atoms with E-state index in [0.29, 0.717) is 16.7 Å². The van der Waals surface area contributed by atoms with E-state index in [4.69, 9.17) is 0 Å². The summed E-state index contributed by atoms with van der Waals surface area (Å²) >= 11 is 0. The lowest BCUT2D eigenvalue weighted by molar-refractivity contribution is -0.137. The molecule has 0 N–H and O–H groups in total. The molecule has 0 aliphatic carbocycles. The summed E-state index contributed by atoms with van der Waals surface area (Å²) in [4.78, 5) is 16.3. The van der Waals surface area contributed by atoms with E-state index in [1.54, 1.807) is 26.8 Å². The molecule has 0 saturated carbocycles. The van der Waals surface area contributed by atoms with Crippen LogP contribution in [0, 0.1) is 5.41 Å². The molecule has 0 fully saturated rings. The van der Waals surface area contributed by atoms with Crippen molar-refractivity contribution in [3.8, 4) is 11.1 Å². The van der Waals surface area contributed by atoms with Gasteiger partial charge in [0.15, 0.2) is 5.78 Å². The predicted octanol–water partition coefficient (Wildman–Crippen LogP) is 5.00. The molecule has 0 aliphatic heterocycles. The van der Waals surface area contributed by atoms with Crippen LogP contribution >= 0.6 is 0 Å². The van der Waals surface area contributed by atoms with Crippen LogP contribution in [-0.2, 0) is 6.18 Å². The molecule has 2 aromatic rings. The number of aromatic nitrogens is 1. The number of hydrogen-bond acceptors (Lipinski definition) is 2. The number of carbonyl (C=O) groups excluding carboxylic acids is 1. The van der Waals surface area contributed by atoms with Crippen LogP contribution in [0.3, 0.4) is 0 Å². The van der Waals surface area contributed by atoms with Gasteiger partial charge in [-0.1, -0.05) is 32.9 Å². The van der Waals surface area contributed by atoms with E-state index in [2.05, 4.69) is 4.98 Å². The SMILES string of the molecule is CC(C)(C)C(=O)c1cncc(-c2ccc(C(F)(F)F)cc2)c1. The van der Waals surface area contributed by atoms with E-state index in [9.17, 15) is 18.0 Å². The number of carbonyl (C=O) groups is 1. The molecule has 1 aromatic heterocycles. The number of benzene rings is 1. The number of pyridine rings is 1. The molecule has 1 aromatic carbocycles. The maximum Gasteiger partial charge on any atom is 0.416 e. The van der Waals surface area contributed by atoms with Crippen molar-refractivity contribution in [2.75, 3.05) is 0 Å². The molecule has 0 saturated heterocycles. The number of nitrogens with zero attached hydrogens (tertiary/aromatic N) is 1. The normalized spacial score (nSPS) is 12.3. The lowest BCUT2D eigenvalue weighted by Gasteiger charge is -2.16. The van der Waals surface area contributed by atoms with Crippen LogP contribution in [0.4, 0.5) is 13.2 Å².